The van der Waals surface area contributed by atoms with Crippen LogP contribution in [-0.4, -0.2) is 43.3 Å². The number of aliphatic hydroxyl groups excluding tert-OH is 1. The van der Waals surface area contributed by atoms with Gasteiger partial charge < -0.3 is 14.4 Å². The summed E-state index contributed by atoms with van der Waals surface area (Å²) in [7, 11) is 1.93. The van der Waals surface area contributed by atoms with Gasteiger partial charge in [-0.05, 0) is 18.9 Å². The van der Waals surface area contributed by atoms with Crippen LogP contribution in [0.1, 0.15) is 24.6 Å². The quantitative estimate of drug-likeness (QED) is 0.442. The summed E-state index contributed by atoms with van der Waals surface area (Å²) in [5, 5.41) is 29.9. The van der Waals surface area contributed by atoms with Crippen LogP contribution in [0.15, 0.2) is 29.4 Å². The number of aliphatic hydroxyl groups is 1. The van der Waals surface area contributed by atoms with Gasteiger partial charge in [-0.2, -0.15) is 0 Å². The van der Waals surface area contributed by atoms with Crippen molar-refractivity contribution in [1.82, 2.24) is 14.8 Å². The second kappa shape index (κ2) is 7.18. The summed E-state index contributed by atoms with van der Waals surface area (Å²) in [5.74, 6) is 2.30. The van der Waals surface area contributed by atoms with Crippen molar-refractivity contribution in [2.45, 2.75) is 30.0 Å². The van der Waals surface area contributed by atoms with Crippen LogP contribution in [0.3, 0.4) is 0 Å². The average molecular weight is 350 g/mol. The zero-order valence-corrected chi connectivity index (χ0v) is 14.0. The van der Waals surface area contributed by atoms with Crippen molar-refractivity contribution in [2.24, 2.45) is 7.05 Å². The maximum atomic E-state index is 10.7. The summed E-state index contributed by atoms with van der Waals surface area (Å²) in [5.41, 5.74) is -0.0388. The van der Waals surface area contributed by atoms with Crippen LogP contribution in [0.25, 0.3) is 0 Å². The van der Waals surface area contributed by atoms with Crippen molar-refractivity contribution < 1.29 is 14.8 Å². The third-order valence-corrected chi connectivity index (χ3v) is 4.85. The van der Waals surface area contributed by atoms with E-state index in [1.165, 1.54) is 23.9 Å². The number of non-ortho nitro benzene ring substituents is 1. The van der Waals surface area contributed by atoms with Crippen LogP contribution < -0.4 is 4.74 Å². The molecule has 128 valence electrons. The summed E-state index contributed by atoms with van der Waals surface area (Å²) in [6.07, 6.45) is 1.61. The van der Waals surface area contributed by atoms with Crippen LogP contribution >= 0.6 is 11.8 Å². The van der Waals surface area contributed by atoms with Gasteiger partial charge in [-0.25, -0.2) is 0 Å². The minimum absolute atomic E-state index is 0.0388. The van der Waals surface area contributed by atoms with E-state index in [1.54, 1.807) is 12.1 Å². The first-order chi connectivity index (χ1) is 11.5. The second-order valence-electron chi connectivity index (χ2n) is 5.70. The van der Waals surface area contributed by atoms with Crippen molar-refractivity contribution in [1.29, 1.82) is 0 Å². The van der Waals surface area contributed by atoms with Crippen molar-refractivity contribution in [3.63, 3.8) is 0 Å². The molecule has 8 nitrogen and oxygen atoms in total. The third-order valence-electron chi connectivity index (χ3n) is 3.69. The van der Waals surface area contributed by atoms with E-state index in [9.17, 15) is 15.2 Å². The molecule has 1 unspecified atom stereocenters. The Morgan fingerprint density at radius 3 is 3.00 bits per heavy atom. The fourth-order valence-corrected chi connectivity index (χ4v) is 3.07. The fraction of sp³-hybridized carbons (Fsp3) is 0.467. The van der Waals surface area contributed by atoms with Crippen LogP contribution in [0.2, 0.25) is 0 Å². The summed E-state index contributed by atoms with van der Waals surface area (Å²) in [6, 6.07) is 5.90. The minimum Gasteiger partial charge on any atom is -0.491 e. The Hall–Kier alpha value is -2.13. The summed E-state index contributed by atoms with van der Waals surface area (Å²) < 4.78 is 7.39. The molecule has 1 N–H and O–H groups in total. The first-order valence-electron chi connectivity index (χ1n) is 7.62. The maximum Gasteiger partial charge on any atom is 0.273 e. The monoisotopic (exact) mass is 350 g/mol. The van der Waals surface area contributed by atoms with E-state index >= 15 is 0 Å². The normalized spacial score (nSPS) is 15.2. The number of rotatable bonds is 8. The van der Waals surface area contributed by atoms with E-state index in [4.69, 9.17) is 4.74 Å². The second-order valence-corrected chi connectivity index (χ2v) is 6.69. The minimum atomic E-state index is -0.713. The van der Waals surface area contributed by atoms with Gasteiger partial charge in [0, 0.05) is 24.8 Å². The number of thioether (sulfide) groups is 1. The smallest absolute Gasteiger partial charge is 0.273 e. The highest BCUT2D eigenvalue weighted by Gasteiger charge is 2.29. The lowest BCUT2D eigenvalue weighted by atomic mass is 10.3. The van der Waals surface area contributed by atoms with Gasteiger partial charge >= 0.3 is 0 Å². The van der Waals surface area contributed by atoms with E-state index in [0.717, 1.165) is 23.8 Å². The van der Waals surface area contributed by atoms with Gasteiger partial charge in [0.1, 0.15) is 18.2 Å². The van der Waals surface area contributed by atoms with Gasteiger partial charge in [0.05, 0.1) is 17.1 Å². The van der Waals surface area contributed by atoms with Crippen molar-refractivity contribution >= 4 is 17.4 Å². The number of hydrogen-bond donors (Lipinski definition) is 1. The molecule has 0 saturated heterocycles. The molecular formula is C15H18N4O4S. The van der Waals surface area contributed by atoms with Gasteiger partial charge in [0.2, 0.25) is 0 Å². The Bertz CT molecular complexity index is 732. The Morgan fingerprint density at radius 2 is 2.29 bits per heavy atom. The van der Waals surface area contributed by atoms with Crippen LogP contribution in [0.4, 0.5) is 5.69 Å². The molecule has 9 heteroatoms. The van der Waals surface area contributed by atoms with Gasteiger partial charge in [-0.3, -0.25) is 10.1 Å². The van der Waals surface area contributed by atoms with Gasteiger partial charge in [-0.1, -0.05) is 17.8 Å². The predicted molar refractivity (Wildman–Crippen MR) is 88.3 cm³/mol. The Kier molecular flexibility index (Phi) is 5.00. The lowest BCUT2D eigenvalue weighted by Crippen LogP contribution is -2.20. The molecule has 2 aromatic rings. The first kappa shape index (κ1) is 16.7. The van der Waals surface area contributed by atoms with Gasteiger partial charge in [-0.15, -0.1) is 10.2 Å². The fourth-order valence-electron chi connectivity index (χ4n) is 2.25. The largest absolute Gasteiger partial charge is 0.491 e. The molecule has 0 amide bonds. The zero-order chi connectivity index (χ0) is 17.1. The van der Waals surface area contributed by atoms with E-state index in [0.29, 0.717) is 17.4 Å². The maximum absolute atomic E-state index is 10.7. The Labute approximate surface area is 143 Å². The molecular weight excluding hydrogens is 332 g/mol. The van der Waals surface area contributed by atoms with E-state index in [1.807, 2.05) is 11.6 Å². The first-order valence-corrected chi connectivity index (χ1v) is 8.60. The highest BCUT2D eigenvalue weighted by Crippen LogP contribution is 2.39. The molecule has 3 rings (SSSR count). The molecule has 1 aliphatic carbocycles. The molecule has 1 aliphatic rings. The van der Waals surface area contributed by atoms with Crippen molar-refractivity contribution in [3.05, 3.63) is 40.2 Å². The molecule has 0 spiro atoms. The van der Waals surface area contributed by atoms with Crippen LogP contribution in [-0.2, 0) is 7.05 Å². The Morgan fingerprint density at radius 1 is 1.50 bits per heavy atom. The van der Waals surface area contributed by atoms with Gasteiger partial charge in [0.25, 0.3) is 5.69 Å². The number of nitro groups is 1. The molecule has 1 saturated carbocycles. The third kappa shape index (κ3) is 4.04. The van der Waals surface area contributed by atoms with E-state index in [-0.39, 0.29) is 12.3 Å². The highest BCUT2D eigenvalue weighted by atomic mass is 32.2. The number of ether oxygens (including phenoxy) is 1. The number of benzene rings is 1. The van der Waals surface area contributed by atoms with Gasteiger partial charge in [0.15, 0.2) is 5.16 Å². The zero-order valence-electron chi connectivity index (χ0n) is 13.2. The SMILES string of the molecule is Cn1c(SCC(O)COc2cccc([N+](=O)[O-])c2)nnc1C1CC1. The lowest BCUT2D eigenvalue weighted by molar-refractivity contribution is -0.384. The molecule has 24 heavy (non-hydrogen) atoms. The number of aromatic nitrogens is 3. The standard InChI is InChI=1S/C15H18N4O4S/c1-18-14(10-5-6-10)16-17-15(18)24-9-12(20)8-23-13-4-2-3-11(7-13)19(21)22/h2-4,7,10,12,20H,5-6,8-9H2,1H3. The number of hydrogen-bond acceptors (Lipinski definition) is 7. The summed E-state index contributed by atoms with van der Waals surface area (Å²) in [6.45, 7) is 0.0570. The summed E-state index contributed by atoms with van der Waals surface area (Å²) >= 11 is 1.42. The molecule has 1 aromatic carbocycles. The van der Waals surface area contributed by atoms with Crippen molar-refractivity contribution in [3.8, 4) is 5.75 Å². The molecule has 1 heterocycles. The summed E-state index contributed by atoms with van der Waals surface area (Å²) in [4.78, 5) is 10.2. The topological polar surface area (TPSA) is 103 Å². The van der Waals surface area contributed by atoms with E-state index < -0.39 is 11.0 Å². The molecule has 0 aliphatic heterocycles. The molecule has 1 aromatic heterocycles. The molecule has 1 atom stereocenters. The van der Waals surface area contributed by atoms with Crippen LogP contribution in [0.5, 0.6) is 5.75 Å². The van der Waals surface area contributed by atoms with Crippen molar-refractivity contribution in [2.75, 3.05) is 12.4 Å². The predicted octanol–water partition coefficient (Wildman–Crippen LogP) is 2.13. The molecule has 1 fully saturated rings. The Balaban J connectivity index is 1.48. The molecule has 0 radical (unpaired) electrons. The lowest BCUT2D eigenvalue weighted by Gasteiger charge is -2.11. The van der Waals surface area contributed by atoms with Crippen LogP contribution in [0, 0.1) is 10.1 Å². The highest BCUT2D eigenvalue weighted by molar-refractivity contribution is 7.99. The number of nitro benzene ring substituents is 1. The van der Waals surface area contributed by atoms with E-state index in [2.05, 4.69) is 10.2 Å². The average Bonchev–Trinajstić information content (AvgIpc) is 3.35. The molecule has 0 bridgehead atoms. The number of nitrogens with zero attached hydrogens (tertiary/aromatic N) is 4.